The van der Waals surface area contributed by atoms with Crippen molar-refractivity contribution in [2.45, 2.75) is 50.4 Å². The van der Waals surface area contributed by atoms with Crippen LogP contribution in [0.15, 0.2) is 164 Å². The van der Waals surface area contributed by atoms with Crippen LogP contribution in [0.1, 0.15) is 61.8 Å². The van der Waals surface area contributed by atoms with Crippen LogP contribution in [0, 0.1) is 29.1 Å². The van der Waals surface area contributed by atoms with Gasteiger partial charge < -0.3 is 4.90 Å². The Bertz CT molecular complexity index is 2780. The number of anilines is 3. The Morgan fingerprint density at radius 2 is 1.05 bits per heavy atom. The molecular weight excluding hydrogens is 675 g/mol. The summed E-state index contributed by atoms with van der Waals surface area (Å²) in [5.41, 5.74) is 21.1. The monoisotopic (exact) mass is 719 g/mol. The van der Waals surface area contributed by atoms with Gasteiger partial charge in [-0.05, 0) is 152 Å². The normalized spacial score (nSPS) is 27.1. The summed E-state index contributed by atoms with van der Waals surface area (Å²) in [5, 5.41) is 0. The fourth-order valence-corrected chi connectivity index (χ4v) is 14.0. The Morgan fingerprint density at radius 3 is 1.86 bits per heavy atom. The highest BCUT2D eigenvalue weighted by molar-refractivity contribution is 5.94. The van der Waals surface area contributed by atoms with Crippen molar-refractivity contribution in [3.05, 3.63) is 186 Å². The van der Waals surface area contributed by atoms with E-state index in [1.165, 1.54) is 98.4 Å². The third-order valence-corrected chi connectivity index (χ3v) is 16.2. The van der Waals surface area contributed by atoms with Crippen molar-refractivity contribution in [2.24, 2.45) is 29.1 Å². The summed E-state index contributed by atoms with van der Waals surface area (Å²) in [5.74, 6) is 3.43. The highest BCUT2D eigenvalue weighted by Crippen LogP contribution is 2.88. The summed E-state index contributed by atoms with van der Waals surface area (Å²) in [6, 6.07) is 62.5. The average molecular weight is 720 g/mol. The van der Waals surface area contributed by atoms with Crippen LogP contribution >= 0.6 is 0 Å². The van der Waals surface area contributed by atoms with Crippen molar-refractivity contribution in [2.75, 3.05) is 4.90 Å². The van der Waals surface area contributed by atoms with Crippen LogP contribution in [0.25, 0.3) is 44.5 Å². The molecule has 7 aromatic carbocycles. The molecule has 0 radical (unpaired) electrons. The van der Waals surface area contributed by atoms with E-state index in [0.717, 1.165) is 23.7 Å². The van der Waals surface area contributed by atoms with E-state index in [1.807, 2.05) is 0 Å². The molecule has 0 N–H and O–H groups in total. The maximum absolute atomic E-state index is 2.63. The molecule has 270 valence electrons. The Labute approximate surface area is 330 Å². The van der Waals surface area contributed by atoms with E-state index in [4.69, 9.17) is 0 Å². The lowest BCUT2D eigenvalue weighted by Crippen LogP contribution is -2.65. The summed E-state index contributed by atoms with van der Waals surface area (Å²) in [4.78, 5) is 2.56. The van der Waals surface area contributed by atoms with E-state index in [1.54, 1.807) is 11.1 Å². The molecule has 0 heterocycles. The number of nitrogens with zero attached hydrogens (tertiary/aromatic N) is 1. The smallest absolute Gasteiger partial charge is 0.0540 e. The van der Waals surface area contributed by atoms with Gasteiger partial charge in [0, 0.05) is 27.8 Å². The van der Waals surface area contributed by atoms with Crippen molar-refractivity contribution >= 4 is 17.1 Å². The van der Waals surface area contributed by atoms with Gasteiger partial charge in [0.1, 0.15) is 0 Å². The second-order valence-electron chi connectivity index (χ2n) is 18.5. The third kappa shape index (κ3) is 3.73. The second kappa shape index (κ2) is 10.8. The molecule has 5 unspecified atom stereocenters. The number of rotatable bonds is 5. The number of hydrogen-bond donors (Lipinski definition) is 0. The van der Waals surface area contributed by atoms with Gasteiger partial charge in [-0.15, -0.1) is 0 Å². The molecule has 56 heavy (non-hydrogen) atoms. The number of fused-ring (bicyclic) bond motifs is 11. The Kier molecular flexibility index (Phi) is 6.08. The first-order valence-corrected chi connectivity index (χ1v) is 21.0. The third-order valence-electron chi connectivity index (χ3n) is 16.2. The van der Waals surface area contributed by atoms with Gasteiger partial charge in [-0.2, -0.15) is 0 Å². The number of benzene rings is 7. The molecule has 0 saturated heterocycles. The molecule has 6 atom stereocenters. The summed E-state index contributed by atoms with van der Waals surface area (Å²) in [6.07, 6.45) is 5.75. The summed E-state index contributed by atoms with van der Waals surface area (Å²) < 4.78 is 0. The van der Waals surface area contributed by atoms with Gasteiger partial charge in [0.25, 0.3) is 0 Å². The van der Waals surface area contributed by atoms with E-state index >= 15 is 0 Å². The lowest BCUT2D eigenvalue weighted by Gasteiger charge is -2.70. The topological polar surface area (TPSA) is 3.24 Å². The lowest BCUT2D eigenvalue weighted by atomic mass is 9.34. The summed E-state index contributed by atoms with van der Waals surface area (Å²) in [7, 11) is 0. The molecule has 6 aliphatic carbocycles. The van der Waals surface area contributed by atoms with Gasteiger partial charge in [-0.25, -0.2) is 0 Å². The SMILES string of the molecule is CC1(C)c2ccccc2-c2ccc(N(c3ccc4c(c3)-c3ccc(-c5ccccc5)cc3C43C4CC5CC6CC3[C@]56C4)c3ccccc3-c3ccccc3)cc21. The van der Waals surface area contributed by atoms with Crippen molar-refractivity contribution in [1.82, 2.24) is 0 Å². The standard InChI is InChI=1S/C55H45N/c1-53(2)47-19-11-9-18-43(47)44-25-22-41(32-49(44)53)56(51-20-12-10-17-42(51)35-15-7-4-8-16-35)40-23-26-48-46(31-40)45-24-21-36(34-13-5-3-6-14-34)27-50(45)55(48)39-29-37-28-38-30-52(55)54(37,38)33-39/h3-27,31-32,37-39,52H,28-30,33H2,1-2H3/t37?,38?,39?,52?,54-,55?/m1/s1. The maximum Gasteiger partial charge on any atom is 0.0540 e. The highest BCUT2D eigenvalue weighted by Gasteiger charge is 2.82. The minimum Gasteiger partial charge on any atom is -0.310 e. The van der Waals surface area contributed by atoms with Crippen molar-refractivity contribution < 1.29 is 0 Å². The molecule has 4 saturated carbocycles. The van der Waals surface area contributed by atoms with Gasteiger partial charge in [0.05, 0.1) is 5.69 Å². The summed E-state index contributed by atoms with van der Waals surface area (Å²) >= 11 is 0. The van der Waals surface area contributed by atoms with Gasteiger partial charge >= 0.3 is 0 Å². The largest absolute Gasteiger partial charge is 0.310 e. The fraction of sp³-hybridized carbons (Fsp3) is 0.236. The molecule has 4 fully saturated rings. The molecular formula is C55H45N. The van der Waals surface area contributed by atoms with Crippen molar-refractivity contribution in [1.29, 1.82) is 0 Å². The van der Waals surface area contributed by atoms with Gasteiger partial charge in [-0.1, -0.05) is 141 Å². The van der Waals surface area contributed by atoms with E-state index in [-0.39, 0.29) is 10.8 Å². The molecule has 0 aromatic heterocycles. The quantitative estimate of drug-likeness (QED) is 0.171. The van der Waals surface area contributed by atoms with Crippen LogP contribution in [-0.2, 0) is 10.8 Å². The van der Waals surface area contributed by atoms with Crippen LogP contribution in [-0.4, -0.2) is 0 Å². The zero-order valence-electron chi connectivity index (χ0n) is 32.2. The van der Waals surface area contributed by atoms with E-state index in [0.29, 0.717) is 5.41 Å². The maximum atomic E-state index is 2.63. The van der Waals surface area contributed by atoms with E-state index in [9.17, 15) is 0 Å². The van der Waals surface area contributed by atoms with Crippen LogP contribution in [0.2, 0.25) is 0 Å². The molecule has 0 amide bonds. The van der Waals surface area contributed by atoms with Gasteiger partial charge in [0.15, 0.2) is 0 Å². The van der Waals surface area contributed by atoms with Crippen LogP contribution < -0.4 is 4.90 Å². The summed E-state index contributed by atoms with van der Waals surface area (Å²) in [6.45, 7) is 4.79. The molecule has 7 aromatic rings. The zero-order valence-corrected chi connectivity index (χ0v) is 32.2. The van der Waals surface area contributed by atoms with E-state index in [2.05, 4.69) is 183 Å². The second-order valence-corrected chi connectivity index (χ2v) is 18.5. The molecule has 1 heteroatoms. The van der Waals surface area contributed by atoms with Gasteiger partial charge in [-0.3, -0.25) is 0 Å². The molecule has 0 aliphatic heterocycles. The Hall–Kier alpha value is -5.66. The predicted octanol–water partition coefficient (Wildman–Crippen LogP) is 14.1. The lowest BCUT2D eigenvalue weighted by molar-refractivity contribution is -0.193. The number of para-hydroxylation sites is 1. The van der Waals surface area contributed by atoms with Crippen LogP contribution in [0.4, 0.5) is 17.1 Å². The minimum atomic E-state index is -0.0898. The molecule has 13 rings (SSSR count). The molecule has 6 aliphatic rings. The number of hydrogen-bond acceptors (Lipinski definition) is 1. The Balaban J connectivity index is 1.03. The predicted molar refractivity (Wildman–Crippen MR) is 231 cm³/mol. The molecule has 2 bridgehead atoms. The molecule has 1 nitrogen and oxygen atoms in total. The van der Waals surface area contributed by atoms with Crippen LogP contribution in [0.3, 0.4) is 0 Å². The van der Waals surface area contributed by atoms with Crippen molar-refractivity contribution in [3.8, 4) is 44.5 Å². The highest BCUT2D eigenvalue weighted by atomic mass is 15.1. The first-order chi connectivity index (χ1) is 27.5. The average Bonchev–Trinajstić information content (AvgIpc) is 3.91. The first kappa shape index (κ1) is 31.5. The Morgan fingerprint density at radius 1 is 0.429 bits per heavy atom. The first-order valence-electron chi connectivity index (χ1n) is 21.0. The minimum absolute atomic E-state index is 0.0898. The fourth-order valence-electron chi connectivity index (χ4n) is 14.0. The zero-order chi connectivity index (χ0) is 37.0. The van der Waals surface area contributed by atoms with Crippen molar-refractivity contribution in [3.63, 3.8) is 0 Å². The van der Waals surface area contributed by atoms with Gasteiger partial charge in [0.2, 0.25) is 0 Å². The van der Waals surface area contributed by atoms with Crippen LogP contribution in [0.5, 0.6) is 0 Å². The van der Waals surface area contributed by atoms with E-state index < -0.39 is 0 Å². The molecule has 2 spiro atoms.